The number of aryl methyl sites for hydroxylation is 3. The molecule has 0 unspecified atom stereocenters. The molecule has 0 aliphatic rings. The maximum absolute atomic E-state index is 6.13. The summed E-state index contributed by atoms with van der Waals surface area (Å²) in [5, 5.41) is 0. The van der Waals surface area contributed by atoms with Crippen LogP contribution in [0.4, 0.5) is 0 Å². The number of furan rings is 1. The molecular weight excluding hydrogens is 327 g/mol. The Morgan fingerprint density at radius 3 is 1.89 bits per heavy atom. The fraction of sp³-hybridized carbons (Fsp3) is 0.375. The van der Waals surface area contributed by atoms with Gasteiger partial charge in [-0.3, -0.25) is 0 Å². The molecule has 1 heterocycles. The predicted octanol–water partition coefficient (Wildman–Crippen LogP) is 4.42. The third kappa shape index (κ3) is 2.66. The first-order valence-electron chi connectivity index (χ1n) is 6.47. The van der Waals surface area contributed by atoms with Crippen LogP contribution in [0, 0.1) is 20.8 Å². The van der Waals surface area contributed by atoms with Crippen molar-refractivity contribution in [3.05, 3.63) is 41.0 Å². The second kappa shape index (κ2) is 4.76. The van der Waals surface area contributed by atoms with Crippen LogP contribution in [0.1, 0.15) is 16.7 Å². The molecule has 96 valence electrons. The second-order valence-corrected chi connectivity index (χ2v) is 20.4. The molecule has 0 atom stereocenters. The van der Waals surface area contributed by atoms with Crippen LogP contribution in [-0.4, -0.2) is 18.4 Å². The Kier molecular flexibility index (Phi) is 3.63. The van der Waals surface area contributed by atoms with Crippen LogP contribution in [0.3, 0.4) is 0 Å². The van der Waals surface area contributed by atoms with Crippen molar-refractivity contribution in [3.63, 3.8) is 0 Å². The monoisotopic (exact) mass is 350 g/mol. The molecule has 0 bridgehead atoms. The van der Waals surface area contributed by atoms with E-state index in [-0.39, 0.29) is 0 Å². The van der Waals surface area contributed by atoms with Gasteiger partial charge in [0.1, 0.15) is 0 Å². The normalized spacial score (nSPS) is 11.9. The standard InChI is InChI=1S/C13H13O.3CH3.Sn/c1-9-7-10(2)13(11(3)8-9)12-5-4-6-14-12;;;;/h4-5,7-8H,1-3H3;3*1H3;. The van der Waals surface area contributed by atoms with Gasteiger partial charge in [-0.25, -0.2) is 0 Å². The second-order valence-electron chi connectivity index (χ2n) is 6.19. The van der Waals surface area contributed by atoms with E-state index in [1.54, 1.807) is 0 Å². The minimum absolute atomic E-state index is 1.03. The van der Waals surface area contributed by atoms with Crippen molar-refractivity contribution in [1.82, 2.24) is 0 Å². The molecule has 18 heavy (non-hydrogen) atoms. The van der Waals surface area contributed by atoms with Gasteiger partial charge >= 0.3 is 114 Å². The average molecular weight is 349 g/mol. The summed E-state index contributed by atoms with van der Waals surface area (Å²) in [5.74, 6) is 1.03. The van der Waals surface area contributed by atoms with Crippen LogP contribution in [0.2, 0.25) is 14.8 Å². The molecular formula is C16H22OSn. The van der Waals surface area contributed by atoms with Crippen molar-refractivity contribution in [1.29, 1.82) is 0 Å². The van der Waals surface area contributed by atoms with Crippen molar-refractivity contribution >= 4 is 22.2 Å². The topological polar surface area (TPSA) is 13.1 Å². The molecule has 0 aliphatic carbocycles. The molecule has 0 N–H and O–H groups in total. The molecule has 1 aromatic carbocycles. The van der Waals surface area contributed by atoms with E-state index in [1.807, 2.05) is 0 Å². The van der Waals surface area contributed by atoms with Gasteiger partial charge in [-0.2, -0.15) is 0 Å². The first kappa shape index (κ1) is 13.7. The molecule has 0 saturated heterocycles. The van der Waals surface area contributed by atoms with Gasteiger partial charge in [-0.1, -0.05) is 0 Å². The number of rotatable bonds is 2. The molecule has 0 spiro atoms. The third-order valence-electron chi connectivity index (χ3n) is 3.27. The van der Waals surface area contributed by atoms with Crippen molar-refractivity contribution < 1.29 is 4.42 Å². The fourth-order valence-electron chi connectivity index (χ4n) is 2.44. The van der Waals surface area contributed by atoms with Crippen molar-refractivity contribution in [2.24, 2.45) is 0 Å². The van der Waals surface area contributed by atoms with Gasteiger partial charge in [-0.05, 0) is 0 Å². The number of benzene rings is 1. The first-order valence-corrected chi connectivity index (χ1v) is 16.5. The zero-order valence-corrected chi connectivity index (χ0v) is 15.1. The molecule has 0 radical (unpaired) electrons. The van der Waals surface area contributed by atoms with E-state index in [9.17, 15) is 0 Å². The first-order chi connectivity index (χ1) is 8.29. The van der Waals surface area contributed by atoms with Crippen molar-refractivity contribution in [2.75, 3.05) is 0 Å². The van der Waals surface area contributed by atoms with E-state index in [1.165, 1.54) is 26.0 Å². The third-order valence-corrected chi connectivity index (χ3v) is 8.26. The Morgan fingerprint density at radius 1 is 0.889 bits per heavy atom. The van der Waals surface area contributed by atoms with Gasteiger partial charge in [-0.15, -0.1) is 0 Å². The SMILES string of the molecule is Cc1cc(C)c(-c2cc[c]([Sn]([CH3])([CH3])[CH3])o2)c(C)c1. The molecule has 1 aromatic heterocycles. The van der Waals surface area contributed by atoms with Crippen LogP contribution < -0.4 is 3.78 Å². The molecule has 2 heteroatoms. The molecule has 2 aromatic rings. The van der Waals surface area contributed by atoms with Gasteiger partial charge in [0.2, 0.25) is 0 Å². The van der Waals surface area contributed by atoms with E-state index in [4.69, 9.17) is 4.42 Å². The summed E-state index contributed by atoms with van der Waals surface area (Å²) in [5.41, 5.74) is 5.19. The average Bonchev–Trinajstić information content (AvgIpc) is 2.64. The molecule has 1 nitrogen and oxygen atoms in total. The predicted molar refractivity (Wildman–Crippen MR) is 81.3 cm³/mol. The Bertz CT molecular complexity index is 550. The summed E-state index contributed by atoms with van der Waals surface area (Å²) < 4.78 is 7.38. The van der Waals surface area contributed by atoms with E-state index >= 15 is 0 Å². The summed E-state index contributed by atoms with van der Waals surface area (Å²) in [4.78, 5) is 7.14. The zero-order valence-electron chi connectivity index (χ0n) is 12.2. The maximum atomic E-state index is 6.13. The number of hydrogen-bond donors (Lipinski definition) is 0. The van der Waals surface area contributed by atoms with Gasteiger partial charge in [0, 0.05) is 0 Å². The number of hydrogen-bond acceptors (Lipinski definition) is 1. The summed E-state index contributed by atoms with van der Waals surface area (Å²) in [7, 11) is 0. The van der Waals surface area contributed by atoms with Crippen LogP contribution in [0.15, 0.2) is 28.7 Å². The molecule has 0 aliphatic heterocycles. The van der Waals surface area contributed by atoms with Crippen LogP contribution in [-0.2, 0) is 0 Å². The van der Waals surface area contributed by atoms with Crippen LogP contribution in [0.5, 0.6) is 0 Å². The summed E-state index contributed by atoms with van der Waals surface area (Å²) in [6.07, 6.45) is 0. The van der Waals surface area contributed by atoms with Crippen LogP contribution >= 0.6 is 0 Å². The Morgan fingerprint density at radius 2 is 1.44 bits per heavy atom. The van der Waals surface area contributed by atoms with E-state index in [0.717, 1.165) is 5.76 Å². The Labute approximate surface area is 114 Å². The van der Waals surface area contributed by atoms with Crippen molar-refractivity contribution in [3.8, 4) is 11.3 Å². The molecule has 0 fully saturated rings. The Balaban J connectivity index is 2.53. The Hall–Kier alpha value is -0.701. The van der Waals surface area contributed by atoms with Gasteiger partial charge in [0.15, 0.2) is 0 Å². The summed E-state index contributed by atoms with van der Waals surface area (Å²) >= 11 is -2.08. The van der Waals surface area contributed by atoms with E-state index in [0.29, 0.717) is 0 Å². The van der Waals surface area contributed by atoms with Crippen molar-refractivity contribution in [2.45, 2.75) is 35.6 Å². The molecule has 0 saturated carbocycles. The van der Waals surface area contributed by atoms with Crippen LogP contribution in [0.25, 0.3) is 11.3 Å². The summed E-state index contributed by atoms with van der Waals surface area (Å²) in [6.45, 7) is 6.47. The van der Waals surface area contributed by atoms with Gasteiger partial charge < -0.3 is 0 Å². The molecule has 2 rings (SSSR count). The summed E-state index contributed by atoms with van der Waals surface area (Å²) in [6, 6.07) is 8.78. The molecule has 0 amide bonds. The van der Waals surface area contributed by atoms with Gasteiger partial charge in [0.05, 0.1) is 0 Å². The minimum atomic E-state index is -2.08. The fourth-order valence-corrected chi connectivity index (χ4v) is 5.30. The van der Waals surface area contributed by atoms with E-state index in [2.05, 4.69) is 59.9 Å². The van der Waals surface area contributed by atoms with E-state index < -0.39 is 18.4 Å². The van der Waals surface area contributed by atoms with Gasteiger partial charge in [0.25, 0.3) is 0 Å². The zero-order chi connectivity index (χ0) is 13.5. The quantitative estimate of drug-likeness (QED) is 0.732.